The summed E-state index contributed by atoms with van der Waals surface area (Å²) in [5.41, 5.74) is 2.63. The normalized spacial score (nSPS) is 21.3. The Bertz CT molecular complexity index is 1600. The average Bonchev–Trinajstić information content (AvgIpc) is 3.59. The first-order chi connectivity index (χ1) is 21.3. The van der Waals surface area contributed by atoms with Crippen molar-refractivity contribution in [2.75, 3.05) is 12.4 Å². The minimum atomic E-state index is -4.47. The van der Waals surface area contributed by atoms with E-state index in [1.807, 2.05) is 0 Å². The van der Waals surface area contributed by atoms with Gasteiger partial charge in [-0.2, -0.15) is 13.2 Å². The summed E-state index contributed by atoms with van der Waals surface area (Å²) in [4.78, 5) is 38.1. The maximum atomic E-state index is 15.2. The van der Waals surface area contributed by atoms with Crippen molar-refractivity contribution >= 4 is 35.2 Å². The number of carboxylic acid groups (broad SMARTS) is 1. The molecule has 2 fully saturated rings. The van der Waals surface area contributed by atoms with E-state index in [0.29, 0.717) is 11.1 Å². The van der Waals surface area contributed by atoms with Crippen LogP contribution in [-0.4, -0.2) is 47.6 Å². The van der Waals surface area contributed by atoms with Crippen molar-refractivity contribution in [3.63, 3.8) is 0 Å². The molecule has 0 radical (unpaired) electrons. The van der Waals surface area contributed by atoms with E-state index in [1.165, 1.54) is 37.4 Å². The van der Waals surface area contributed by atoms with E-state index >= 15 is 4.39 Å². The van der Waals surface area contributed by atoms with Crippen LogP contribution in [0.25, 0.3) is 11.1 Å². The molecule has 8 nitrogen and oxygen atoms in total. The van der Waals surface area contributed by atoms with E-state index in [9.17, 15) is 27.6 Å². The van der Waals surface area contributed by atoms with Gasteiger partial charge in [0.05, 0.1) is 18.6 Å². The number of carbonyl (C=O) groups excluding carboxylic acids is 2. The summed E-state index contributed by atoms with van der Waals surface area (Å²) in [6.07, 6.45) is 2.40. The predicted molar refractivity (Wildman–Crippen MR) is 160 cm³/mol. The molecule has 5 unspecified atom stereocenters. The van der Waals surface area contributed by atoms with E-state index in [1.54, 1.807) is 24.3 Å². The summed E-state index contributed by atoms with van der Waals surface area (Å²) in [6, 6.07) is 12.8. The van der Waals surface area contributed by atoms with Gasteiger partial charge in [0.2, 0.25) is 5.91 Å². The molecule has 0 heterocycles. The zero-order valence-corrected chi connectivity index (χ0v) is 24.9. The Morgan fingerprint density at radius 2 is 1.78 bits per heavy atom. The van der Waals surface area contributed by atoms with Crippen LogP contribution in [0.2, 0.25) is 0 Å². The quantitative estimate of drug-likeness (QED) is 0.161. The number of benzene rings is 3. The van der Waals surface area contributed by atoms with E-state index in [-0.39, 0.29) is 57.5 Å². The highest BCUT2D eigenvalue weighted by atomic mass is 32.2. The number of alkyl halides is 3. The summed E-state index contributed by atoms with van der Waals surface area (Å²) in [7, 11) is 1.31. The summed E-state index contributed by atoms with van der Waals surface area (Å²) in [5, 5.41) is 14.8. The van der Waals surface area contributed by atoms with Gasteiger partial charge in [-0.15, -0.1) is 0 Å². The van der Waals surface area contributed by atoms with Gasteiger partial charge in [0.1, 0.15) is 17.6 Å². The second kappa shape index (κ2) is 13.1. The number of ether oxygens (including phenoxy) is 1. The molecule has 2 aliphatic rings. The smallest absolute Gasteiger partial charge is 0.446 e. The summed E-state index contributed by atoms with van der Waals surface area (Å²) >= 11 is -0.273. The second-order valence-electron chi connectivity index (χ2n) is 11.3. The van der Waals surface area contributed by atoms with Crippen molar-refractivity contribution in [1.82, 2.24) is 5.32 Å². The monoisotopic (exact) mass is 645 g/mol. The fourth-order valence-electron chi connectivity index (χ4n) is 6.39. The zero-order valence-electron chi connectivity index (χ0n) is 24.1. The first-order valence-electron chi connectivity index (χ1n) is 14.3. The number of nitrogens with two attached hydrogens (primary N) is 1. The largest absolute Gasteiger partial charge is 0.496 e. The Morgan fingerprint density at radius 3 is 2.44 bits per heavy atom. The van der Waals surface area contributed by atoms with Crippen LogP contribution in [0, 0.1) is 23.6 Å². The molecular weight excluding hydrogens is 614 g/mol. The predicted octanol–water partition coefficient (Wildman–Crippen LogP) is 5.85. The third kappa shape index (κ3) is 7.42. The molecule has 5 N–H and O–H groups in total. The van der Waals surface area contributed by atoms with Crippen LogP contribution in [0.3, 0.4) is 0 Å². The lowest BCUT2D eigenvalue weighted by Gasteiger charge is -2.31. The Hall–Kier alpha value is -4.10. The van der Waals surface area contributed by atoms with Crippen LogP contribution in [0.15, 0.2) is 65.6 Å². The lowest BCUT2D eigenvalue weighted by molar-refractivity contribution is -0.138. The number of rotatable bonds is 10. The van der Waals surface area contributed by atoms with Crippen molar-refractivity contribution in [1.29, 1.82) is 0 Å². The first kappa shape index (κ1) is 32.3. The molecule has 3 aromatic carbocycles. The highest BCUT2D eigenvalue weighted by Crippen LogP contribution is 2.49. The third-order valence-corrected chi connectivity index (χ3v) is 9.14. The number of amides is 2. The average molecular weight is 646 g/mol. The number of thioether (sulfide) groups is 1. The number of fused-ring (bicyclic) bond motifs is 2. The van der Waals surface area contributed by atoms with Gasteiger partial charge >= 0.3 is 11.5 Å². The number of hydrogen-bond acceptors (Lipinski definition) is 6. The maximum absolute atomic E-state index is 15.2. The number of halogens is 4. The van der Waals surface area contributed by atoms with Crippen molar-refractivity contribution < 1.29 is 41.8 Å². The first-order valence-corrected chi connectivity index (χ1v) is 15.1. The molecule has 2 amide bonds. The van der Waals surface area contributed by atoms with Gasteiger partial charge < -0.3 is 26.2 Å². The molecule has 5 atom stereocenters. The molecule has 238 valence electrons. The second-order valence-corrected chi connectivity index (χ2v) is 12.4. The van der Waals surface area contributed by atoms with E-state index in [2.05, 4.69) is 10.6 Å². The minimum absolute atomic E-state index is 0.000870. The van der Waals surface area contributed by atoms with Crippen molar-refractivity contribution in [2.45, 2.75) is 48.2 Å². The van der Waals surface area contributed by atoms with Crippen molar-refractivity contribution in [2.24, 2.45) is 23.5 Å². The molecule has 5 rings (SSSR count). The number of hydrogen-bond donors (Lipinski definition) is 4. The summed E-state index contributed by atoms with van der Waals surface area (Å²) in [6.45, 7) is 0. The maximum Gasteiger partial charge on any atom is 0.446 e. The van der Waals surface area contributed by atoms with Crippen LogP contribution >= 0.6 is 11.8 Å². The van der Waals surface area contributed by atoms with E-state index in [4.69, 9.17) is 15.6 Å². The fourth-order valence-corrected chi connectivity index (χ4v) is 6.99. The van der Waals surface area contributed by atoms with Gasteiger partial charge in [0.25, 0.3) is 5.91 Å². The molecule has 3 aromatic rings. The Balaban J connectivity index is 1.35. The van der Waals surface area contributed by atoms with Crippen LogP contribution in [0.1, 0.15) is 35.2 Å². The Labute approximate surface area is 260 Å². The van der Waals surface area contributed by atoms with Gasteiger partial charge in [-0.1, -0.05) is 30.3 Å². The molecular formula is C32H31F4N3O5S. The summed E-state index contributed by atoms with van der Waals surface area (Å²) in [5.74, 6) is -3.32. The number of carbonyl (C=O) groups is 3. The zero-order chi connectivity index (χ0) is 32.5. The van der Waals surface area contributed by atoms with Crippen molar-refractivity contribution in [3.8, 4) is 16.9 Å². The number of nitrogens with one attached hydrogen (secondary N) is 2. The van der Waals surface area contributed by atoms with Crippen LogP contribution < -0.4 is 21.1 Å². The number of anilines is 1. The standard InChI is InChI=1S/C32H31F4N3O5S/c1-44-26-15-24(33)22(17-7-5-16(6-8-17)11-25(37)31(42)43)14-23(26)29(40)39-28-19-10-9-18(12-19)27(28)30(41)38-20-3-2-4-21(13-20)45-32(34,35)36/h2-8,13-15,18-19,25,27-28H,9-12,37H2,1H3,(H,38,41)(H,39,40)(H,42,43). The number of carboxylic acids is 1. The molecule has 2 bridgehead atoms. The van der Waals surface area contributed by atoms with Gasteiger partial charge in [-0.05, 0) is 84.7 Å². The molecule has 2 aliphatic carbocycles. The topological polar surface area (TPSA) is 131 Å². The minimum Gasteiger partial charge on any atom is -0.496 e. The molecule has 13 heteroatoms. The SMILES string of the molecule is COc1cc(F)c(-c2ccc(CC(N)C(=O)O)cc2)cc1C(=O)NC1C2CCC(C2)C1C(=O)Nc1cccc(SC(F)(F)F)c1. The van der Waals surface area contributed by atoms with Gasteiger partial charge in [0, 0.05) is 28.3 Å². The molecule has 0 aromatic heterocycles. The summed E-state index contributed by atoms with van der Waals surface area (Å²) < 4.78 is 59.1. The molecule has 45 heavy (non-hydrogen) atoms. The third-order valence-electron chi connectivity index (χ3n) is 8.42. The highest BCUT2D eigenvalue weighted by molar-refractivity contribution is 8.00. The number of methoxy groups -OCH3 is 1. The fraction of sp³-hybridized carbons (Fsp3) is 0.344. The van der Waals surface area contributed by atoms with Crippen molar-refractivity contribution in [3.05, 3.63) is 77.6 Å². The lowest BCUT2D eigenvalue weighted by atomic mass is 9.83. The Morgan fingerprint density at radius 1 is 1.07 bits per heavy atom. The number of aliphatic carboxylic acids is 1. The van der Waals surface area contributed by atoms with Crippen LogP contribution in [0.5, 0.6) is 5.75 Å². The van der Waals surface area contributed by atoms with Gasteiger partial charge in [-0.25, -0.2) is 4.39 Å². The molecule has 0 spiro atoms. The highest BCUT2D eigenvalue weighted by Gasteiger charge is 2.51. The van der Waals surface area contributed by atoms with Gasteiger partial charge in [0.15, 0.2) is 0 Å². The molecule has 0 aliphatic heterocycles. The molecule has 0 saturated heterocycles. The van der Waals surface area contributed by atoms with Crippen LogP contribution in [-0.2, 0) is 16.0 Å². The Kier molecular flexibility index (Phi) is 9.40. The lowest BCUT2D eigenvalue weighted by Crippen LogP contribution is -2.48. The van der Waals surface area contributed by atoms with E-state index in [0.717, 1.165) is 25.3 Å². The van der Waals surface area contributed by atoms with E-state index < -0.39 is 47.1 Å². The molecule has 2 saturated carbocycles. The van der Waals surface area contributed by atoms with Crippen LogP contribution in [0.4, 0.5) is 23.2 Å². The van der Waals surface area contributed by atoms with Gasteiger partial charge in [-0.3, -0.25) is 14.4 Å².